The van der Waals surface area contributed by atoms with Gasteiger partial charge in [-0.3, -0.25) is 9.69 Å². The Kier molecular flexibility index (Phi) is 6.33. The highest BCUT2D eigenvalue weighted by molar-refractivity contribution is 7.15. The molecule has 1 aliphatic heterocycles. The topological polar surface area (TPSA) is 36.4 Å². The number of amides is 1. The maximum Gasteiger partial charge on any atom is 0.274 e. The summed E-state index contributed by atoms with van der Waals surface area (Å²) in [4.78, 5) is 23.5. The van der Waals surface area contributed by atoms with E-state index >= 15 is 0 Å². The zero-order valence-electron chi connectivity index (χ0n) is 18.7. The molecule has 1 amide bonds. The molecule has 1 saturated heterocycles. The first kappa shape index (κ1) is 21.6. The molecule has 3 aromatic carbocycles. The van der Waals surface area contributed by atoms with Crippen molar-refractivity contribution in [1.29, 1.82) is 0 Å². The smallest absolute Gasteiger partial charge is 0.274 e. The van der Waals surface area contributed by atoms with Crippen LogP contribution in [0.1, 0.15) is 32.7 Å². The van der Waals surface area contributed by atoms with Gasteiger partial charge in [0.25, 0.3) is 5.91 Å². The average Bonchev–Trinajstić information content (AvgIpc) is 3.28. The van der Waals surface area contributed by atoms with Gasteiger partial charge >= 0.3 is 0 Å². The number of rotatable bonds is 5. The molecule has 4 nitrogen and oxygen atoms in total. The zero-order chi connectivity index (χ0) is 22.6. The summed E-state index contributed by atoms with van der Waals surface area (Å²) in [5, 5.41) is 0.920. The molecule has 0 bridgehead atoms. The molecule has 0 radical (unpaired) electrons. The summed E-state index contributed by atoms with van der Waals surface area (Å²) in [5.74, 6) is 0.0359. The van der Waals surface area contributed by atoms with Crippen LogP contribution in [0.4, 0.5) is 0 Å². The van der Waals surface area contributed by atoms with Crippen LogP contribution in [0.25, 0.3) is 10.4 Å². The van der Waals surface area contributed by atoms with Crippen LogP contribution >= 0.6 is 11.3 Å². The molecule has 4 aromatic rings. The van der Waals surface area contributed by atoms with E-state index in [1.54, 1.807) is 11.3 Å². The second-order valence-corrected chi connectivity index (χ2v) is 9.53. The lowest BCUT2D eigenvalue weighted by Crippen LogP contribution is -2.50. The van der Waals surface area contributed by atoms with Crippen LogP contribution in [-0.2, 0) is 0 Å². The number of aromatic nitrogens is 1. The summed E-state index contributed by atoms with van der Waals surface area (Å²) in [6.07, 6.45) is 0. The molecule has 5 heteroatoms. The Bertz CT molecular complexity index is 1160. The van der Waals surface area contributed by atoms with Gasteiger partial charge in [-0.15, -0.1) is 11.3 Å². The lowest BCUT2D eigenvalue weighted by Gasteiger charge is -2.39. The van der Waals surface area contributed by atoms with E-state index in [9.17, 15) is 4.79 Å². The van der Waals surface area contributed by atoms with Gasteiger partial charge in [0.15, 0.2) is 0 Å². The van der Waals surface area contributed by atoms with E-state index in [1.807, 2.05) is 42.2 Å². The van der Waals surface area contributed by atoms with E-state index in [1.165, 1.54) is 11.1 Å². The van der Waals surface area contributed by atoms with Crippen molar-refractivity contribution < 1.29 is 4.79 Å². The van der Waals surface area contributed by atoms with Crippen LogP contribution in [0, 0.1) is 6.92 Å². The molecule has 1 aliphatic rings. The van der Waals surface area contributed by atoms with Crippen LogP contribution in [-0.4, -0.2) is 46.9 Å². The van der Waals surface area contributed by atoms with Crippen LogP contribution in [0.5, 0.6) is 0 Å². The molecule has 1 aromatic heterocycles. The number of nitrogens with zero attached hydrogens (tertiary/aromatic N) is 3. The van der Waals surface area contributed by atoms with Crippen molar-refractivity contribution in [1.82, 2.24) is 14.8 Å². The Balaban J connectivity index is 1.35. The van der Waals surface area contributed by atoms with E-state index in [0.29, 0.717) is 18.8 Å². The molecule has 0 unspecified atom stereocenters. The predicted octanol–water partition coefficient (Wildman–Crippen LogP) is 5.67. The fraction of sp³-hybridized carbons (Fsp3) is 0.214. The van der Waals surface area contributed by atoms with Crippen molar-refractivity contribution in [2.24, 2.45) is 0 Å². The normalized spacial score (nSPS) is 14.5. The monoisotopic (exact) mass is 453 g/mol. The first-order valence-corrected chi connectivity index (χ1v) is 12.2. The highest BCUT2D eigenvalue weighted by atomic mass is 32.1. The Morgan fingerprint density at radius 2 is 1.30 bits per heavy atom. The molecule has 5 rings (SSSR count). The maximum absolute atomic E-state index is 13.5. The molecule has 166 valence electrons. The summed E-state index contributed by atoms with van der Waals surface area (Å²) in [5.41, 5.74) is 4.20. The van der Waals surface area contributed by atoms with E-state index < -0.39 is 0 Å². The Hall–Kier alpha value is -3.28. The van der Waals surface area contributed by atoms with Crippen LogP contribution in [0.15, 0.2) is 91.0 Å². The van der Waals surface area contributed by atoms with Crippen LogP contribution < -0.4 is 0 Å². The van der Waals surface area contributed by atoms with Gasteiger partial charge in [0.1, 0.15) is 5.69 Å². The first-order chi connectivity index (χ1) is 16.2. The third-order valence-electron chi connectivity index (χ3n) is 6.17. The van der Waals surface area contributed by atoms with Gasteiger partial charge in [-0.25, -0.2) is 4.98 Å². The van der Waals surface area contributed by atoms with Crippen molar-refractivity contribution in [3.63, 3.8) is 0 Å². The highest BCUT2D eigenvalue weighted by Gasteiger charge is 2.30. The van der Waals surface area contributed by atoms with Crippen molar-refractivity contribution in [3.05, 3.63) is 113 Å². The minimum Gasteiger partial charge on any atom is -0.335 e. The molecule has 0 N–H and O–H groups in total. The Morgan fingerprint density at radius 3 is 1.85 bits per heavy atom. The van der Waals surface area contributed by atoms with Gasteiger partial charge in [-0.2, -0.15) is 0 Å². The van der Waals surface area contributed by atoms with Crippen molar-refractivity contribution in [3.8, 4) is 10.4 Å². The van der Waals surface area contributed by atoms with Crippen molar-refractivity contribution in [2.75, 3.05) is 26.2 Å². The molecular formula is C28H27N3OS. The van der Waals surface area contributed by atoms with Crippen LogP contribution in [0.3, 0.4) is 0 Å². The highest BCUT2D eigenvalue weighted by Crippen LogP contribution is 2.32. The minimum atomic E-state index is 0.0359. The fourth-order valence-corrected chi connectivity index (χ4v) is 5.49. The molecule has 0 spiro atoms. The second-order valence-electron chi connectivity index (χ2n) is 8.33. The third-order valence-corrected chi connectivity index (χ3v) is 7.19. The largest absolute Gasteiger partial charge is 0.335 e. The molecule has 0 atom stereocenters. The number of carbonyl (C=O) groups excluding carboxylic acids is 1. The maximum atomic E-state index is 13.5. The lowest BCUT2D eigenvalue weighted by molar-refractivity contribution is 0.0593. The van der Waals surface area contributed by atoms with E-state index in [-0.39, 0.29) is 11.9 Å². The lowest BCUT2D eigenvalue weighted by atomic mass is 9.96. The summed E-state index contributed by atoms with van der Waals surface area (Å²) >= 11 is 1.59. The predicted molar refractivity (Wildman–Crippen MR) is 134 cm³/mol. The second kappa shape index (κ2) is 9.69. The first-order valence-electron chi connectivity index (χ1n) is 11.4. The number of carbonyl (C=O) groups is 1. The number of aryl methyl sites for hydroxylation is 1. The van der Waals surface area contributed by atoms with E-state index in [4.69, 9.17) is 0 Å². The number of thiazole rings is 1. The molecule has 1 fully saturated rings. The van der Waals surface area contributed by atoms with Gasteiger partial charge in [-0.05, 0) is 23.6 Å². The van der Waals surface area contributed by atoms with Gasteiger partial charge < -0.3 is 4.90 Å². The SMILES string of the molecule is Cc1nc(C(=O)N2CCN(C(c3ccccc3)c3ccccc3)CC2)c(-c2ccccc2)s1. The van der Waals surface area contributed by atoms with Crippen molar-refractivity contribution in [2.45, 2.75) is 13.0 Å². The van der Waals surface area contributed by atoms with Gasteiger partial charge in [-0.1, -0.05) is 91.0 Å². The minimum absolute atomic E-state index is 0.0359. The summed E-state index contributed by atoms with van der Waals surface area (Å²) in [7, 11) is 0. The van der Waals surface area contributed by atoms with Gasteiger partial charge in [0, 0.05) is 26.2 Å². The summed E-state index contributed by atoms with van der Waals surface area (Å²) in [6, 6.07) is 31.6. The average molecular weight is 454 g/mol. The molecular weight excluding hydrogens is 426 g/mol. The number of benzene rings is 3. The standard InChI is InChI=1S/C28H27N3OS/c1-21-29-25(27(33-21)24-15-9-4-10-16-24)28(32)31-19-17-30(18-20-31)26(22-11-5-2-6-12-22)23-13-7-3-8-14-23/h2-16,26H,17-20H2,1H3. The molecule has 33 heavy (non-hydrogen) atoms. The van der Waals surface area contributed by atoms with Crippen molar-refractivity contribution >= 4 is 17.2 Å². The van der Waals surface area contributed by atoms with Gasteiger partial charge in [0.2, 0.25) is 0 Å². The Labute approximate surface area is 199 Å². The van der Waals surface area contributed by atoms with E-state index in [0.717, 1.165) is 28.5 Å². The summed E-state index contributed by atoms with van der Waals surface area (Å²) in [6.45, 7) is 5.00. The quantitative estimate of drug-likeness (QED) is 0.391. The number of hydrogen-bond donors (Lipinski definition) is 0. The number of hydrogen-bond acceptors (Lipinski definition) is 4. The third kappa shape index (κ3) is 4.61. The Morgan fingerprint density at radius 1 is 0.788 bits per heavy atom. The fourth-order valence-electron chi connectivity index (χ4n) is 4.57. The van der Waals surface area contributed by atoms with Gasteiger partial charge in [0.05, 0.1) is 15.9 Å². The summed E-state index contributed by atoms with van der Waals surface area (Å²) < 4.78 is 0. The number of piperazine rings is 1. The van der Waals surface area contributed by atoms with E-state index in [2.05, 4.69) is 70.5 Å². The zero-order valence-corrected chi connectivity index (χ0v) is 19.5. The molecule has 2 heterocycles. The molecule has 0 aliphatic carbocycles. The van der Waals surface area contributed by atoms with Crippen LogP contribution in [0.2, 0.25) is 0 Å². The molecule has 0 saturated carbocycles.